The molecule has 2 saturated heterocycles. The number of hydrogen-bond donors (Lipinski definition) is 1. The first-order valence-corrected chi connectivity index (χ1v) is 24.9. The number of carboxylic acids is 1. The van der Waals surface area contributed by atoms with E-state index in [4.69, 9.17) is 38.1 Å². The molecule has 10 rings (SSSR count). The van der Waals surface area contributed by atoms with Crippen LogP contribution in [-0.4, -0.2) is 61.6 Å². The fourth-order valence-electron chi connectivity index (χ4n) is 11.3. The summed E-state index contributed by atoms with van der Waals surface area (Å²) in [4.78, 5) is 39.9. The van der Waals surface area contributed by atoms with E-state index in [-0.39, 0.29) is 29.9 Å². The van der Waals surface area contributed by atoms with Crippen molar-refractivity contribution in [1.82, 2.24) is 9.97 Å². The van der Waals surface area contributed by atoms with E-state index in [1.807, 2.05) is 103 Å². The maximum atomic E-state index is 15.1. The summed E-state index contributed by atoms with van der Waals surface area (Å²) < 4.78 is 40.4. The number of ether oxygens (including phenoxy) is 5. The van der Waals surface area contributed by atoms with E-state index in [0.29, 0.717) is 87.3 Å². The van der Waals surface area contributed by atoms with Crippen LogP contribution in [0, 0.1) is 20.8 Å². The molecule has 0 spiro atoms. The van der Waals surface area contributed by atoms with Gasteiger partial charge in [-0.1, -0.05) is 42.5 Å². The number of nitrogens with zero attached hydrogens (tertiary/aromatic N) is 2. The second kappa shape index (κ2) is 17.2. The van der Waals surface area contributed by atoms with E-state index < -0.39 is 34.3 Å². The van der Waals surface area contributed by atoms with Gasteiger partial charge in [0.05, 0.1) is 65.9 Å². The number of furan rings is 1. The number of aromatic nitrogens is 2. The van der Waals surface area contributed by atoms with E-state index in [0.717, 1.165) is 37.0 Å². The van der Waals surface area contributed by atoms with Gasteiger partial charge in [0.15, 0.2) is 5.76 Å². The van der Waals surface area contributed by atoms with Gasteiger partial charge in [-0.15, -0.1) is 11.3 Å². The Hall–Kier alpha value is -6.34. The third-order valence-electron chi connectivity index (χ3n) is 13.7. The first kappa shape index (κ1) is 47.3. The van der Waals surface area contributed by atoms with Crippen LogP contribution in [0.2, 0.25) is 0 Å². The van der Waals surface area contributed by atoms with Crippen molar-refractivity contribution in [3.63, 3.8) is 0 Å². The topological polar surface area (TPSA) is 139 Å². The van der Waals surface area contributed by atoms with Crippen molar-refractivity contribution in [2.24, 2.45) is 0 Å². The van der Waals surface area contributed by atoms with E-state index in [1.54, 1.807) is 29.5 Å². The molecule has 0 saturated carbocycles. The number of thiophene rings is 1. The van der Waals surface area contributed by atoms with Crippen molar-refractivity contribution in [2.75, 3.05) is 0 Å². The van der Waals surface area contributed by atoms with Gasteiger partial charge in [-0.2, -0.15) is 0 Å². The normalized spacial score (nSPS) is 17.9. The van der Waals surface area contributed by atoms with Crippen molar-refractivity contribution >= 4 is 66.1 Å². The third-order valence-corrected chi connectivity index (χ3v) is 15.0. The first-order chi connectivity index (χ1) is 33.0. The number of carbonyl (C=O) groups excluding carboxylic acids is 1. The summed E-state index contributed by atoms with van der Waals surface area (Å²) in [5, 5.41) is 13.9. The molecule has 2 aliphatic heterocycles. The minimum absolute atomic E-state index is 0.0355. The summed E-state index contributed by atoms with van der Waals surface area (Å²) in [5.41, 5.74) is 4.33. The van der Waals surface area contributed by atoms with Gasteiger partial charge in [-0.05, 0) is 135 Å². The molecule has 0 atom stereocenters. The number of carbonyl (C=O) groups is 2. The Kier molecular flexibility index (Phi) is 11.6. The molecule has 11 nitrogen and oxygen atoms in total. The lowest BCUT2D eigenvalue weighted by atomic mass is 9.87. The van der Waals surface area contributed by atoms with Crippen LogP contribution in [-0.2, 0) is 20.8 Å². The first-order valence-electron chi connectivity index (χ1n) is 24.1. The molecule has 0 unspecified atom stereocenters. The minimum Gasteiger partial charge on any atom is -0.489 e. The van der Waals surface area contributed by atoms with Crippen molar-refractivity contribution in [1.29, 1.82) is 0 Å². The fraction of sp³-hybridized carbons (Fsp3) is 0.379. The molecule has 70 heavy (non-hydrogen) atoms. The van der Waals surface area contributed by atoms with Crippen LogP contribution >= 0.6 is 11.3 Å². The number of carboxylic acid groups (broad SMARTS) is 1. The number of rotatable bonds is 10. The van der Waals surface area contributed by atoms with Crippen LogP contribution in [0.3, 0.4) is 0 Å². The Morgan fingerprint density at radius 2 is 1.20 bits per heavy atom. The highest BCUT2D eigenvalue weighted by molar-refractivity contribution is 7.22. The number of aromatic carboxylic acids is 1. The predicted octanol–water partition coefficient (Wildman–Crippen LogP) is 14.3. The number of pyridine rings is 2. The molecule has 4 aromatic heterocycles. The molecule has 2 fully saturated rings. The van der Waals surface area contributed by atoms with Gasteiger partial charge in [0.1, 0.15) is 41.6 Å². The number of benzene rings is 4. The summed E-state index contributed by atoms with van der Waals surface area (Å²) >= 11 is 1.56. The minimum atomic E-state index is -1.13. The summed E-state index contributed by atoms with van der Waals surface area (Å²) in [6.07, 6.45) is 1.97. The molecule has 12 heteroatoms. The van der Waals surface area contributed by atoms with Crippen LogP contribution in [0.25, 0.3) is 64.9 Å². The van der Waals surface area contributed by atoms with Gasteiger partial charge >= 0.3 is 11.9 Å². The Labute approximate surface area is 412 Å². The average molecular weight is 961 g/mol. The van der Waals surface area contributed by atoms with Gasteiger partial charge in [0.25, 0.3) is 0 Å². The monoisotopic (exact) mass is 960 g/mol. The van der Waals surface area contributed by atoms with Crippen LogP contribution in [0.1, 0.15) is 124 Å². The second-order valence-electron chi connectivity index (χ2n) is 21.7. The maximum absolute atomic E-state index is 15.1. The molecular formula is C58H60N2O9S. The van der Waals surface area contributed by atoms with E-state index in [2.05, 4.69) is 39.8 Å². The number of esters is 1. The molecule has 4 aromatic carbocycles. The van der Waals surface area contributed by atoms with Gasteiger partial charge < -0.3 is 33.2 Å². The lowest BCUT2D eigenvalue weighted by molar-refractivity contribution is -0.182. The highest BCUT2D eigenvalue weighted by Crippen LogP contribution is 2.45. The van der Waals surface area contributed by atoms with Crippen molar-refractivity contribution in [2.45, 2.75) is 143 Å². The van der Waals surface area contributed by atoms with Gasteiger partial charge in [0, 0.05) is 46.9 Å². The largest absolute Gasteiger partial charge is 0.489 e. The quantitative estimate of drug-likeness (QED) is 0.131. The van der Waals surface area contributed by atoms with Crippen LogP contribution in [0.15, 0.2) is 89.3 Å². The lowest BCUT2D eigenvalue weighted by Gasteiger charge is -2.45. The molecule has 6 heterocycles. The Bertz CT molecular complexity index is 3380. The summed E-state index contributed by atoms with van der Waals surface area (Å²) in [6, 6.07) is 26.7. The number of fused-ring (bicyclic) bond motifs is 4. The predicted molar refractivity (Wildman–Crippen MR) is 276 cm³/mol. The zero-order valence-corrected chi connectivity index (χ0v) is 42.6. The standard InChI is InChI=1S/C58H60N2O9S/c1-31-20-22-44(65-35-26-55(4,5)68-56(6,7)27-35)48-40(25-41(59-49(31)48)51-32(2)37-16-12-14-18-43(37)67-51)54(63)64-30-34-21-23-45(66-36-28-57(8,9)69-58(10,11)29-36)47-39(53(61)62)24-42(60-50(34)47)52-33(3)38-17-13-15-19-46(38)70-52/h12-25,35-36H,26-30H2,1-11H3,(H,61,62). The molecule has 0 aliphatic carbocycles. The van der Waals surface area contributed by atoms with Gasteiger partial charge in [-0.3, -0.25) is 0 Å². The summed E-state index contributed by atoms with van der Waals surface area (Å²) in [6.45, 7) is 22.2. The van der Waals surface area contributed by atoms with Crippen molar-refractivity contribution in [3.8, 4) is 33.5 Å². The lowest BCUT2D eigenvalue weighted by Crippen LogP contribution is -2.49. The van der Waals surface area contributed by atoms with Crippen molar-refractivity contribution in [3.05, 3.63) is 118 Å². The highest BCUT2D eigenvalue weighted by atomic mass is 32.1. The Balaban J connectivity index is 1.11. The molecule has 1 N–H and O–H groups in total. The average Bonchev–Trinajstić information content (AvgIpc) is 3.79. The molecular weight excluding hydrogens is 901 g/mol. The molecule has 8 aromatic rings. The Morgan fingerprint density at radius 3 is 1.80 bits per heavy atom. The SMILES string of the molecule is Cc1c(-c2cc(C(=O)OCc3ccc(OC4CC(C)(C)OC(C)(C)C4)c4c(C(=O)O)cc(-c5sc6ccccc6c5C)nc34)c3c(OC4CC(C)(C)OC(C)(C)C4)ccc(C)c3n2)oc2ccccc12. The summed E-state index contributed by atoms with van der Waals surface area (Å²) in [7, 11) is 0. The fourth-order valence-corrected chi connectivity index (χ4v) is 12.4. The zero-order chi connectivity index (χ0) is 49.7. The third kappa shape index (κ3) is 9.01. The van der Waals surface area contributed by atoms with E-state index in [1.165, 1.54) is 0 Å². The maximum Gasteiger partial charge on any atom is 0.339 e. The molecule has 2 aliphatic rings. The van der Waals surface area contributed by atoms with Crippen LogP contribution < -0.4 is 9.47 Å². The van der Waals surface area contributed by atoms with Crippen molar-refractivity contribution < 1.29 is 42.8 Å². The van der Waals surface area contributed by atoms with Gasteiger partial charge in [-0.25, -0.2) is 19.6 Å². The number of hydrogen-bond acceptors (Lipinski definition) is 11. The number of para-hydroxylation sites is 1. The van der Waals surface area contributed by atoms with E-state index >= 15 is 4.79 Å². The molecule has 0 amide bonds. The molecule has 0 bridgehead atoms. The molecule has 362 valence electrons. The van der Waals surface area contributed by atoms with Gasteiger partial charge in [0.2, 0.25) is 0 Å². The molecule has 0 radical (unpaired) electrons. The highest BCUT2D eigenvalue weighted by Gasteiger charge is 2.42. The zero-order valence-electron chi connectivity index (χ0n) is 41.8. The smallest absolute Gasteiger partial charge is 0.339 e. The van der Waals surface area contributed by atoms with Crippen LogP contribution in [0.5, 0.6) is 11.5 Å². The Morgan fingerprint density at radius 1 is 0.657 bits per heavy atom. The summed E-state index contributed by atoms with van der Waals surface area (Å²) in [5.74, 6) is -0.316. The number of aryl methyl sites for hydroxylation is 3. The van der Waals surface area contributed by atoms with Crippen LogP contribution in [0.4, 0.5) is 0 Å². The van der Waals surface area contributed by atoms with E-state index in [9.17, 15) is 9.90 Å². The second-order valence-corrected chi connectivity index (χ2v) is 22.7.